The molecular formula is C19H26O4. The Balaban J connectivity index is -0.000000389. The second-order valence-corrected chi connectivity index (χ2v) is 4.16. The molecule has 2 rings (SSSR count). The van der Waals surface area contributed by atoms with Crippen molar-refractivity contribution in [1.82, 2.24) is 0 Å². The Morgan fingerprint density at radius 1 is 1.04 bits per heavy atom. The van der Waals surface area contributed by atoms with E-state index >= 15 is 0 Å². The second-order valence-electron chi connectivity index (χ2n) is 4.16. The second kappa shape index (κ2) is 11.7. The summed E-state index contributed by atoms with van der Waals surface area (Å²) in [6.45, 7) is 0. The normalized spacial score (nSPS) is 14.1. The largest absolute Gasteiger partial charge is 0.481 e. The minimum absolute atomic E-state index is 0. The molecule has 2 aromatic carbocycles. The van der Waals surface area contributed by atoms with Gasteiger partial charge in [-0.3, -0.25) is 4.79 Å². The van der Waals surface area contributed by atoms with Crippen molar-refractivity contribution in [1.29, 1.82) is 0 Å². The summed E-state index contributed by atoms with van der Waals surface area (Å²) in [5.74, 6) is -2.18. The van der Waals surface area contributed by atoms with Crippen molar-refractivity contribution in [3.8, 4) is 0 Å². The first kappa shape index (κ1) is 13.8. The van der Waals surface area contributed by atoms with Crippen molar-refractivity contribution >= 4 is 18.0 Å². The highest BCUT2D eigenvalue weighted by Gasteiger charge is 1.96. The highest BCUT2D eigenvalue weighted by molar-refractivity contribution is 5.85. The van der Waals surface area contributed by atoms with Gasteiger partial charge < -0.3 is 10.2 Å². The molecule has 2 atom stereocenters. The smallest absolute Gasteiger partial charge is 0.328 e. The zero-order valence-electron chi connectivity index (χ0n) is 17.8. The molecule has 2 N–H and O–H groups in total. The van der Waals surface area contributed by atoms with E-state index in [-0.39, 0.29) is 7.43 Å². The third-order valence-electron chi connectivity index (χ3n) is 2.44. The third kappa shape index (κ3) is 10.5. The molecule has 0 saturated carbocycles. The molecule has 4 nitrogen and oxygen atoms in total. The van der Waals surface area contributed by atoms with Crippen LogP contribution in [-0.4, -0.2) is 22.2 Å². The molecule has 0 aliphatic heterocycles. The molecule has 0 aliphatic carbocycles. The summed E-state index contributed by atoms with van der Waals surface area (Å²) in [6.07, 6.45) is 0.249. The van der Waals surface area contributed by atoms with Crippen LogP contribution in [0.1, 0.15) is 33.6 Å². The lowest BCUT2D eigenvalue weighted by Crippen LogP contribution is -1.96. The van der Waals surface area contributed by atoms with Crippen molar-refractivity contribution in [3.05, 3.63) is 77.9 Å². The number of carboxylic acid groups (broad SMARTS) is 2. The lowest BCUT2D eigenvalue weighted by molar-refractivity contribution is -0.137. The number of benzene rings is 2. The number of carboxylic acids is 2. The maximum Gasteiger partial charge on any atom is 0.328 e. The minimum atomic E-state index is -1.41. The monoisotopic (exact) mass is 324 g/mol. The summed E-state index contributed by atoms with van der Waals surface area (Å²) >= 11 is 0. The molecule has 2 unspecified atom stereocenters. The quantitative estimate of drug-likeness (QED) is 0.787. The average Bonchev–Trinajstić information content (AvgIpc) is 2.76. The summed E-state index contributed by atoms with van der Waals surface area (Å²) in [5.41, 5.74) is 1.46. The molecule has 2 aromatic rings. The zero-order chi connectivity index (χ0) is 21.9. The molecule has 0 spiro atoms. The molecule has 0 bridgehead atoms. The summed E-state index contributed by atoms with van der Waals surface area (Å²) < 4.78 is 34.7. The van der Waals surface area contributed by atoms with Gasteiger partial charge in [0.25, 0.3) is 0 Å². The van der Waals surface area contributed by atoms with Crippen LogP contribution in [0.25, 0.3) is 6.08 Å². The SMILES string of the molecule is C.O=C(O)/C=C/c1ccccc1.[2H]C(C(=O)O)C([2H])c1ccccc1.[2H][2H].[2H][2H]. The Morgan fingerprint density at radius 3 is 2.04 bits per heavy atom. The first-order chi connectivity index (χ1) is 13.4. The first-order valence-corrected chi connectivity index (χ1v) is 6.50. The van der Waals surface area contributed by atoms with Gasteiger partial charge in [-0.1, -0.05) is 68.1 Å². The molecule has 0 heterocycles. The van der Waals surface area contributed by atoms with Gasteiger partial charge in [0, 0.05) is 21.2 Å². The molecule has 23 heavy (non-hydrogen) atoms. The maximum absolute atomic E-state index is 10.4. The van der Waals surface area contributed by atoms with Gasteiger partial charge in [0.2, 0.25) is 0 Å². The van der Waals surface area contributed by atoms with Crippen LogP contribution in [0.2, 0.25) is 0 Å². The number of hydrogen-bond donors (Lipinski definition) is 2. The van der Waals surface area contributed by atoms with Gasteiger partial charge in [-0.2, -0.15) is 0 Å². The number of hydrogen-bond acceptors (Lipinski definition) is 2. The summed E-state index contributed by atoms with van der Waals surface area (Å²) in [6, 6.07) is 17.9. The van der Waals surface area contributed by atoms with E-state index in [4.69, 9.17) is 18.9 Å². The molecule has 0 saturated heterocycles. The van der Waals surface area contributed by atoms with E-state index in [2.05, 4.69) is 0 Å². The van der Waals surface area contributed by atoms with Crippen LogP contribution >= 0.6 is 0 Å². The van der Waals surface area contributed by atoms with Crippen LogP contribution in [0, 0.1) is 0 Å². The fourth-order valence-electron chi connectivity index (χ4n) is 1.46. The van der Waals surface area contributed by atoms with Gasteiger partial charge in [0.05, 0.1) is 0 Å². The van der Waals surface area contributed by atoms with Crippen LogP contribution in [-0.2, 0) is 16.0 Å². The van der Waals surface area contributed by atoms with E-state index in [1.165, 1.54) is 0 Å². The Hall–Kier alpha value is -2.88. The minimum Gasteiger partial charge on any atom is -0.481 e. The molecule has 0 radical (unpaired) electrons. The summed E-state index contributed by atoms with van der Waals surface area (Å²) in [4.78, 5) is 20.5. The van der Waals surface area contributed by atoms with Crippen LogP contribution in [0.3, 0.4) is 0 Å². The molecule has 0 amide bonds. The standard InChI is InChI=1S/C9H10O2.C9H8O2.CH4.2H2/c2*10-9(11)7-6-8-4-2-1-3-5-8;;;/h1-5H,6-7H2,(H,10,11);1-7H,(H,10,11);1H4;2*1H/b;7-6+;;;/i6D,7D;;;2*1+1D. The Morgan fingerprint density at radius 2 is 1.57 bits per heavy atom. The van der Waals surface area contributed by atoms with Crippen molar-refractivity contribution in [2.24, 2.45) is 0 Å². The van der Waals surface area contributed by atoms with E-state index in [1.807, 2.05) is 30.3 Å². The molecule has 0 aromatic heterocycles. The molecular weight excluding hydrogens is 292 g/mol. The van der Waals surface area contributed by atoms with Crippen LogP contribution in [0.4, 0.5) is 0 Å². The third-order valence-corrected chi connectivity index (χ3v) is 2.44. The lowest BCUT2D eigenvalue weighted by Gasteiger charge is -1.95. The Bertz CT molecular complexity index is 684. The van der Waals surface area contributed by atoms with Crippen LogP contribution in [0.5, 0.6) is 0 Å². The van der Waals surface area contributed by atoms with Crippen LogP contribution < -0.4 is 0 Å². The Labute approximate surface area is 145 Å². The van der Waals surface area contributed by atoms with Crippen molar-refractivity contribution in [2.45, 2.75) is 20.2 Å². The summed E-state index contributed by atoms with van der Waals surface area (Å²) in [7, 11) is 0. The fourth-order valence-corrected chi connectivity index (χ4v) is 1.46. The van der Waals surface area contributed by atoms with Gasteiger partial charge >= 0.3 is 11.9 Å². The molecule has 4 heteroatoms. The molecule has 126 valence electrons. The number of carbonyl (C=O) groups is 2. The predicted octanol–water partition coefficient (Wildman–Crippen LogP) is 4.62. The van der Waals surface area contributed by atoms with E-state index in [1.54, 1.807) is 36.4 Å². The number of rotatable bonds is 5. The van der Waals surface area contributed by atoms with Crippen molar-refractivity contribution in [3.63, 3.8) is 0 Å². The van der Waals surface area contributed by atoms with Gasteiger partial charge in [0.1, 0.15) is 0 Å². The number of aliphatic carboxylic acids is 2. The molecule has 0 aliphatic rings. The highest BCUT2D eigenvalue weighted by atomic mass is 16.4. The van der Waals surface area contributed by atoms with Crippen molar-refractivity contribution in [2.75, 3.05) is 0 Å². The predicted molar refractivity (Wildman–Crippen MR) is 96.5 cm³/mol. The Kier molecular flexibility index (Phi) is 7.03. The average molecular weight is 324 g/mol. The van der Waals surface area contributed by atoms with Crippen molar-refractivity contribution < 1.29 is 28.5 Å². The topological polar surface area (TPSA) is 74.6 Å². The highest BCUT2D eigenvalue weighted by Crippen LogP contribution is 2.01. The van der Waals surface area contributed by atoms with E-state index < -0.39 is 24.7 Å². The fraction of sp³-hybridized carbons (Fsp3) is 0.158. The van der Waals surface area contributed by atoms with Crippen LogP contribution in [0.15, 0.2) is 66.7 Å². The number of aryl methyl sites for hydroxylation is 1. The van der Waals surface area contributed by atoms with E-state index in [0.717, 1.165) is 11.6 Å². The van der Waals surface area contributed by atoms with Gasteiger partial charge in [-0.05, 0) is 23.6 Å². The maximum atomic E-state index is 10.4. The van der Waals surface area contributed by atoms with Gasteiger partial charge in [-0.25, -0.2) is 4.79 Å². The van der Waals surface area contributed by atoms with Gasteiger partial charge in [0.15, 0.2) is 0 Å². The summed E-state index contributed by atoms with van der Waals surface area (Å²) in [5, 5.41) is 16.8. The van der Waals surface area contributed by atoms with Gasteiger partial charge in [-0.15, -0.1) is 0 Å². The van der Waals surface area contributed by atoms with E-state index in [0.29, 0.717) is 5.56 Å². The van der Waals surface area contributed by atoms with E-state index in [9.17, 15) is 9.59 Å². The zero-order valence-corrected chi connectivity index (χ0v) is 11.8. The lowest BCUT2D eigenvalue weighted by atomic mass is 10.1. The first-order valence-electron chi connectivity index (χ1n) is 9.65. The molecule has 0 fully saturated rings.